The molecule has 1 aromatic heterocycles. The van der Waals surface area contributed by atoms with Crippen molar-refractivity contribution in [1.29, 1.82) is 0 Å². The van der Waals surface area contributed by atoms with Gasteiger partial charge in [0.1, 0.15) is 0 Å². The van der Waals surface area contributed by atoms with E-state index in [1.165, 1.54) is 23.8 Å². The van der Waals surface area contributed by atoms with Gasteiger partial charge in [-0.2, -0.15) is 0 Å². The molecule has 0 amide bonds. The molecule has 0 spiro atoms. The molecule has 12 heavy (non-hydrogen) atoms. The van der Waals surface area contributed by atoms with Crippen LogP contribution in [0.1, 0.15) is 14.8 Å². The van der Waals surface area contributed by atoms with Gasteiger partial charge in [-0.3, -0.25) is 0 Å². The molecule has 1 nitrogen and oxygen atoms in total. The van der Waals surface area contributed by atoms with Crippen molar-refractivity contribution in [3.63, 3.8) is 0 Å². The van der Waals surface area contributed by atoms with Gasteiger partial charge >= 0.3 is 82.1 Å². The Morgan fingerprint density at radius 3 is 2.50 bits per heavy atom. The Bertz CT molecular complexity index is 390. The van der Waals surface area contributed by atoms with E-state index in [2.05, 4.69) is 37.9 Å². The van der Waals surface area contributed by atoms with Crippen LogP contribution in [0.5, 0.6) is 0 Å². The first-order chi connectivity index (χ1) is 5.66. The molecular weight excluding hydrogens is 262 g/mol. The van der Waals surface area contributed by atoms with Crippen molar-refractivity contribution in [2.24, 2.45) is 0 Å². The summed E-state index contributed by atoms with van der Waals surface area (Å²) in [6.45, 7) is 6.47. The third kappa shape index (κ3) is 1.30. The van der Waals surface area contributed by atoms with Crippen molar-refractivity contribution in [2.45, 2.75) is 20.8 Å². The van der Waals surface area contributed by atoms with Crippen LogP contribution in [0.4, 0.5) is 0 Å². The molecule has 1 aromatic carbocycles. The summed E-state index contributed by atoms with van der Waals surface area (Å²) in [5, 5.41) is 0. The summed E-state index contributed by atoms with van der Waals surface area (Å²) < 4.78 is 2.88. The maximum absolute atomic E-state index is 4.53. The normalized spacial score (nSPS) is 10.9. The average Bonchev–Trinajstić information content (AvgIpc) is 2.30. The first-order valence-electron chi connectivity index (χ1n) is 4.01. The average molecular weight is 273 g/mol. The van der Waals surface area contributed by atoms with Gasteiger partial charge in [-0.15, -0.1) is 0 Å². The zero-order chi connectivity index (χ0) is 8.72. The summed E-state index contributed by atoms with van der Waals surface area (Å²) in [6, 6.07) is 4.53. The van der Waals surface area contributed by atoms with Gasteiger partial charge in [0.15, 0.2) is 0 Å². The second kappa shape index (κ2) is 2.87. The van der Waals surface area contributed by atoms with Crippen molar-refractivity contribution in [2.75, 3.05) is 0 Å². The van der Waals surface area contributed by atoms with Gasteiger partial charge in [-0.25, -0.2) is 0 Å². The Morgan fingerprint density at radius 1 is 1.08 bits per heavy atom. The minimum absolute atomic E-state index is 0.0940. The fourth-order valence-electron chi connectivity index (χ4n) is 1.30. The van der Waals surface area contributed by atoms with Crippen LogP contribution in [-0.2, 0) is 0 Å². The molecule has 2 rings (SSSR count). The van der Waals surface area contributed by atoms with Crippen LogP contribution in [0.3, 0.4) is 0 Å². The number of benzene rings is 1. The number of aryl methyl sites for hydroxylation is 3. The Morgan fingerprint density at radius 2 is 1.75 bits per heavy atom. The summed E-state index contributed by atoms with van der Waals surface area (Å²) in [4.78, 5) is 4.53. The van der Waals surface area contributed by atoms with Gasteiger partial charge in [-0.05, 0) is 0 Å². The van der Waals surface area contributed by atoms with Gasteiger partial charge in [0.25, 0.3) is 0 Å². The Labute approximate surface area is 82.1 Å². The molecule has 0 aliphatic rings. The van der Waals surface area contributed by atoms with Crippen molar-refractivity contribution < 1.29 is 0 Å². The molecule has 1 heterocycles. The fourth-order valence-corrected chi connectivity index (χ4v) is 3.88. The molecule has 0 bridgehead atoms. The number of fused-ring (bicyclic) bond motifs is 1. The predicted molar refractivity (Wildman–Crippen MR) is 52.9 cm³/mol. The minimum atomic E-state index is -0.0940. The zero-order valence-corrected chi connectivity index (χ0v) is 9.84. The Hall–Kier alpha value is -0.320. The van der Waals surface area contributed by atoms with Crippen LogP contribution in [-0.4, -0.2) is 25.4 Å². The molecule has 0 aliphatic carbocycles. The molecule has 0 aliphatic heterocycles. The van der Waals surface area contributed by atoms with Crippen LogP contribution >= 0.6 is 0 Å². The summed E-state index contributed by atoms with van der Waals surface area (Å²) in [5.41, 5.74) is 4.00. The monoisotopic (exact) mass is 275 g/mol. The van der Waals surface area contributed by atoms with Gasteiger partial charge in [0.05, 0.1) is 0 Å². The molecule has 0 fully saturated rings. The van der Waals surface area contributed by atoms with E-state index in [-0.39, 0.29) is 20.4 Å². The summed E-state index contributed by atoms with van der Waals surface area (Å²) in [5.74, 6) is 0. The summed E-state index contributed by atoms with van der Waals surface area (Å²) in [7, 11) is 0. The van der Waals surface area contributed by atoms with Crippen LogP contribution < -0.4 is 0 Å². The first-order valence-corrected chi connectivity index (χ1v) is 6.34. The molecule has 0 radical (unpaired) electrons. The topological polar surface area (TPSA) is 12.9 Å². The Balaban J connectivity index is 2.83. The number of aromatic nitrogens is 1. The summed E-state index contributed by atoms with van der Waals surface area (Å²) >= 11 is -0.0940. The molecule has 2 aromatic rings. The van der Waals surface area contributed by atoms with E-state index in [1.54, 1.807) is 0 Å². The first kappa shape index (κ1) is 8.29. The van der Waals surface area contributed by atoms with E-state index in [9.17, 15) is 0 Å². The van der Waals surface area contributed by atoms with Crippen LogP contribution in [0, 0.1) is 20.8 Å². The van der Waals surface area contributed by atoms with E-state index < -0.39 is 0 Å². The van der Waals surface area contributed by atoms with E-state index in [0.717, 1.165) is 0 Å². The number of nitrogens with zero attached hydrogens (tertiary/aromatic N) is 1. The molecular formula is C10H11NTe. The zero-order valence-electron chi connectivity index (χ0n) is 7.51. The van der Waals surface area contributed by atoms with E-state index in [1.807, 2.05) is 0 Å². The molecule has 0 saturated heterocycles. The molecule has 0 unspecified atom stereocenters. The Kier molecular flexibility index (Phi) is 1.98. The predicted octanol–water partition coefficient (Wildman–Crippen LogP) is 2.22. The van der Waals surface area contributed by atoms with Crippen molar-refractivity contribution >= 4 is 29.3 Å². The van der Waals surface area contributed by atoms with Crippen LogP contribution in [0.25, 0.3) is 8.92 Å². The molecule has 0 N–H and O–H groups in total. The van der Waals surface area contributed by atoms with Gasteiger partial charge < -0.3 is 0 Å². The third-order valence-electron chi connectivity index (χ3n) is 2.11. The third-order valence-corrected chi connectivity index (χ3v) is 4.78. The van der Waals surface area contributed by atoms with Crippen LogP contribution in [0.15, 0.2) is 12.1 Å². The van der Waals surface area contributed by atoms with E-state index in [4.69, 9.17) is 0 Å². The van der Waals surface area contributed by atoms with Crippen LogP contribution in [0.2, 0.25) is 0 Å². The van der Waals surface area contributed by atoms with E-state index in [0.29, 0.717) is 0 Å². The van der Waals surface area contributed by atoms with Crippen molar-refractivity contribution in [3.05, 3.63) is 27.0 Å². The number of hydrogen-bond donors (Lipinski definition) is 0. The fraction of sp³-hybridized carbons (Fsp3) is 0.300. The van der Waals surface area contributed by atoms with Gasteiger partial charge in [0.2, 0.25) is 0 Å². The standard InChI is InChI=1S/C10H11NTe/c1-6-4-9-10(5-7(6)2)12-8(3)11-9/h4-5H,1-3H3. The van der Waals surface area contributed by atoms with Crippen molar-refractivity contribution in [1.82, 2.24) is 4.98 Å². The van der Waals surface area contributed by atoms with Gasteiger partial charge in [0, 0.05) is 0 Å². The molecule has 2 heteroatoms. The maximum atomic E-state index is 4.53. The van der Waals surface area contributed by atoms with Crippen molar-refractivity contribution in [3.8, 4) is 0 Å². The molecule has 0 saturated carbocycles. The second-order valence-electron chi connectivity index (χ2n) is 3.14. The van der Waals surface area contributed by atoms with E-state index >= 15 is 0 Å². The number of hydrogen-bond acceptors (Lipinski definition) is 1. The number of rotatable bonds is 0. The summed E-state index contributed by atoms with van der Waals surface area (Å²) in [6.07, 6.45) is 0. The van der Waals surface area contributed by atoms with Gasteiger partial charge in [-0.1, -0.05) is 0 Å². The second-order valence-corrected chi connectivity index (χ2v) is 6.66. The molecule has 62 valence electrons. The molecule has 0 atom stereocenters. The SMILES string of the molecule is Cc1nc2cc(C)c(C)cc2[te]1. The quantitative estimate of drug-likeness (QED) is 0.670.